The van der Waals surface area contributed by atoms with E-state index >= 15 is 0 Å². The van der Waals surface area contributed by atoms with Crippen LogP contribution in [0.4, 0.5) is 0 Å². The highest BCUT2D eigenvalue weighted by Crippen LogP contribution is 2.45. The highest BCUT2D eigenvalue weighted by Gasteiger charge is 2.30. The van der Waals surface area contributed by atoms with Gasteiger partial charge in [0, 0.05) is 25.7 Å². The van der Waals surface area contributed by atoms with Crippen molar-refractivity contribution in [1.29, 1.82) is 0 Å². The third-order valence-corrected chi connectivity index (χ3v) is 18.4. The van der Waals surface area contributed by atoms with Gasteiger partial charge in [0.1, 0.15) is 19.3 Å². The second kappa shape index (κ2) is 77.8. The number of hydrogen-bond acceptors (Lipinski definition) is 15. The number of unbranched alkanes of at least 4 members (excludes halogenated alkanes) is 23. The summed E-state index contributed by atoms with van der Waals surface area (Å²) in [6, 6.07) is 0. The highest BCUT2D eigenvalue weighted by atomic mass is 31.2. The maximum absolute atomic E-state index is 13.1. The lowest BCUT2D eigenvalue weighted by Crippen LogP contribution is -2.30. The zero-order valence-corrected chi connectivity index (χ0v) is 67.8. The van der Waals surface area contributed by atoms with Crippen molar-refractivity contribution in [2.45, 2.75) is 329 Å². The molecule has 0 aromatic carbocycles. The molecule has 0 heterocycles. The molecule has 0 aliphatic rings. The molecule has 5 unspecified atom stereocenters. The number of rotatable bonds is 75. The van der Waals surface area contributed by atoms with Gasteiger partial charge in [0.25, 0.3) is 0 Å². The monoisotopic (exact) mass is 1520 g/mol. The smallest absolute Gasteiger partial charge is 0.462 e. The average molecular weight is 1520 g/mol. The molecule has 0 saturated carbocycles. The Kier molecular flexibility index (Phi) is 73.9. The molecule has 0 fully saturated rings. The van der Waals surface area contributed by atoms with Gasteiger partial charge < -0.3 is 33.8 Å². The van der Waals surface area contributed by atoms with Crippen LogP contribution in [0.5, 0.6) is 0 Å². The Morgan fingerprint density at radius 2 is 0.500 bits per heavy atom. The first kappa shape index (κ1) is 101. The SMILES string of the molecule is CC/C=C\C/C=C\C/C=C\C/C=C\C/C=C\CCCC(=O)OCC(COP(=O)(O)OCC(O)COP(=O)(O)OCC(COC(=O)CCCCCCCC/C=C\C/C=C\C/C=C\C/C=C\CC)OC(=O)CCCCCCCC/C=C\C/C=C\C/C=C\C/C=C\CC)OC(=O)CCCCCCCCCCCCC. The zero-order chi connectivity index (χ0) is 77.4. The van der Waals surface area contributed by atoms with Crippen molar-refractivity contribution in [3.05, 3.63) is 158 Å². The van der Waals surface area contributed by atoms with Gasteiger partial charge in [-0.15, -0.1) is 0 Å². The summed E-state index contributed by atoms with van der Waals surface area (Å²) in [5.41, 5.74) is 0. The minimum atomic E-state index is -5.00. The fourth-order valence-corrected chi connectivity index (χ4v) is 12.0. The fraction of sp³-hybridized carbons (Fsp3) is 0.655. The summed E-state index contributed by atoms with van der Waals surface area (Å²) in [6.45, 7) is 4.44. The molecule has 0 radical (unpaired) electrons. The van der Waals surface area contributed by atoms with Gasteiger partial charge in [-0.25, -0.2) is 9.13 Å². The standard InChI is InChI=1S/C87H144O17P2/c1-5-9-13-17-21-25-29-32-35-38-40-43-46-49-53-56-60-64-68-72-85(90)98-78-83(104-87(92)74-70-66-62-58-54-50-47-44-41-39-36-33-30-26-22-18-14-10-6-2)80-102-106(95,96)100-76-81(88)75-99-105(93,94)101-79-82(103-86(91)73-69-65-61-57-51-28-24-20-16-12-8-4)77-97-84(89)71-67-63-59-55-52-48-45-42-37-34-31-27-23-19-15-11-7-3/h9-11,13-15,21-23,25-27,32-37,40-41,43-45,48,55,59,81-83,88H,5-8,12,16-20,24,28-31,38-39,42,46-47,49-54,56-58,60-80H2,1-4H3,(H,93,94)(H,95,96)/b13-9-,14-10-,15-11-,25-21-,26-22-,27-23-,35-32-,36-33-,37-34-,43-40-,44-41-,48-45-,59-55-. The Morgan fingerprint density at radius 1 is 0.274 bits per heavy atom. The number of phosphoric acid groups is 2. The average Bonchev–Trinajstić information content (AvgIpc) is 0.901. The normalized spacial score (nSPS) is 14.7. The molecule has 0 aromatic heterocycles. The number of carbonyl (C=O) groups excluding carboxylic acids is 4. The summed E-state index contributed by atoms with van der Waals surface area (Å²) in [5, 5.41) is 10.6. The lowest BCUT2D eigenvalue weighted by atomic mass is 10.1. The second-order valence-electron chi connectivity index (χ2n) is 26.6. The Labute approximate surface area is 642 Å². The zero-order valence-electron chi connectivity index (χ0n) is 66.1. The molecule has 0 aliphatic heterocycles. The number of phosphoric ester groups is 2. The molecular formula is C87H144O17P2. The lowest BCUT2D eigenvalue weighted by molar-refractivity contribution is -0.161. The Bertz CT molecular complexity index is 2630. The van der Waals surface area contributed by atoms with Crippen molar-refractivity contribution in [1.82, 2.24) is 0 Å². The predicted molar refractivity (Wildman–Crippen MR) is 436 cm³/mol. The van der Waals surface area contributed by atoms with E-state index in [1.54, 1.807) is 0 Å². The van der Waals surface area contributed by atoms with Gasteiger partial charge in [0.2, 0.25) is 0 Å². The third kappa shape index (κ3) is 76.9. The van der Waals surface area contributed by atoms with Crippen LogP contribution in [0.25, 0.3) is 0 Å². The molecule has 0 aromatic rings. The summed E-state index contributed by atoms with van der Waals surface area (Å²) in [7, 11) is -9.99. The van der Waals surface area contributed by atoms with Gasteiger partial charge in [-0.3, -0.25) is 37.3 Å². The molecule has 0 rings (SSSR count). The molecule has 3 N–H and O–H groups in total. The van der Waals surface area contributed by atoms with Gasteiger partial charge in [0.05, 0.1) is 26.4 Å². The topological polar surface area (TPSA) is 237 Å². The number of carbonyl (C=O) groups is 4. The van der Waals surface area contributed by atoms with Crippen LogP contribution in [0.15, 0.2) is 158 Å². The molecule has 5 atom stereocenters. The van der Waals surface area contributed by atoms with Crippen LogP contribution < -0.4 is 0 Å². The molecule has 0 amide bonds. The number of ether oxygens (including phenoxy) is 4. The lowest BCUT2D eigenvalue weighted by Gasteiger charge is -2.21. The molecule has 604 valence electrons. The number of hydrogen-bond donors (Lipinski definition) is 3. The summed E-state index contributed by atoms with van der Waals surface area (Å²) in [5.74, 6) is -2.27. The van der Waals surface area contributed by atoms with Crippen LogP contribution in [0.1, 0.15) is 310 Å². The van der Waals surface area contributed by atoms with Gasteiger partial charge in [-0.2, -0.15) is 0 Å². The van der Waals surface area contributed by atoms with E-state index in [1.165, 1.54) is 38.5 Å². The van der Waals surface area contributed by atoms with Crippen LogP contribution in [0, 0.1) is 0 Å². The third-order valence-electron chi connectivity index (χ3n) is 16.5. The van der Waals surface area contributed by atoms with E-state index < -0.39 is 97.5 Å². The Balaban J connectivity index is 5.41. The fourth-order valence-electron chi connectivity index (χ4n) is 10.4. The maximum Gasteiger partial charge on any atom is 0.472 e. The Hall–Kier alpha value is -5.32. The van der Waals surface area contributed by atoms with E-state index in [0.717, 1.165) is 186 Å². The minimum Gasteiger partial charge on any atom is -0.462 e. The van der Waals surface area contributed by atoms with Crippen LogP contribution in [0.2, 0.25) is 0 Å². The molecule has 106 heavy (non-hydrogen) atoms. The van der Waals surface area contributed by atoms with E-state index in [4.69, 9.17) is 37.0 Å². The van der Waals surface area contributed by atoms with E-state index in [-0.39, 0.29) is 25.7 Å². The number of aliphatic hydroxyl groups excluding tert-OH is 1. The van der Waals surface area contributed by atoms with Crippen LogP contribution >= 0.6 is 15.6 Å². The number of aliphatic hydroxyl groups is 1. The van der Waals surface area contributed by atoms with Crippen molar-refractivity contribution in [2.75, 3.05) is 39.6 Å². The molecule has 19 heteroatoms. The molecule has 0 aliphatic carbocycles. The quantitative estimate of drug-likeness (QED) is 0.0169. The maximum atomic E-state index is 13.1. The van der Waals surface area contributed by atoms with Crippen LogP contribution in [-0.4, -0.2) is 96.7 Å². The highest BCUT2D eigenvalue weighted by molar-refractivity contribution is 7.47. The molecule has 0 spiro atoms. The van der Waals surface area contributed by atoms with E-state index in [1.807, 2.05) is 12.2 Å². The summed E-state index contributed by atoms with van der Waals surface area (Å²) >= 11 is 0. The first-order chi connectivity index (χ1) is 51.7. The first-order valence-corrected chi connectivity index (χ1v) is 43.7. The van der Waals surface area contributed by atoms with Crippen molar-refractivity contribution in [3.8, 4) is 0 Å². The molecule has 17 nitrogen and oxygen atoms in total. The van der Waals surface area contributed by atoms with Gasteiger partial charge in [-0.1, -0.05) is 301 Å². The van der Waals surface area contributed by atoms with Crippen LogP contribution in [0.3, 0.4) is 0 Å². The summed E-state index contributed by atoms with van der Waals surface area (Å²) < 4.78 is 68.6. The van der Waals surface area contributed by atoms with Crippen LogP contribution in [-0.2, 0) is 65.4 Å². The predicted octanol–water partition coefficient (Wildman–Crippen LogP) is 24.0. The largest absolute Gasteiger partial charge is 0.472 e. The first-order valence-electron chi connectivity index (χ1n) is 40.7. The van der Waals surface area contributed by atoms with Crippen molar-refractivity contribution in [3.63, 3.8) is 0 Å². The van der Waals surface area contributed by atoms with E-state index in [9.17, 15) is 43.2 Å². The number of allylic oxidation sites excluding steroid dienone is 26. The van der Waals surface area contributed by atoms with Gasteiger partial charge in [-0.05, 0) is 141 Å². The molecule has 0 saturated heterocycles. The van der Waals surface area contributed by atoms with E-state index in [0.29, 0.717) is 32.1 Å². The van der Waals surface area contributed by atoms with Gasteiger partial charge >= 0.3 is 39.5 Å². The molecule has 0 bridgehead atoms. The summed E-state index contributed by atoms with van der Waals surface area (Å²) in [6.07, 6.45) is 90.8. The second-order valence-corrected chi connectivity index (χ2v) is 29.5. The number of esters is 4. The van der Waals surface area contributed by atoms with Crippen molar-refractivity contribution < 1.29 is 80.2 Å². The Morgan fingerprint density at radius 3 is 0.792 bits per heavy atom. The minimum absolute atomic E-state index is 0.0694. The van der Waals surface area contributed by atoms with Crippen molar-refractivity contribution >= 4 is 39.5 Å². The molecular weight excluding hydrogens is 1380 g/mol. The van der Waals surface area contributed by atoms with E-state index in [2.05, 4.69) is 174 Å². The summed E-state index contributed by atoms with van der Waals surface area (Å²) in [4.78, 5) is 73.1. The van der Waals surface area contributed by atoms with Gasteiger partial charge in [0.15, 0.2) is 12.2 Å². The van der Waals surface area contributed by atoms with Crippen molar-refractivity contribution in [2.24, 2.45) is 0 Å².